The van der Waals surface area contributed by atoms with Crippen LogP contribution < -0.4 is 10.7 Å². The third-order valence-electron chi connectivity index (χ3n) is 2.76. The summed E-state index contributed by atoms with van der Waals surface area (Å²) in [6.07, 6.45) is 2.97. The van der Waals surface area contributed by atoms with Gasteiger partial charge in [0.1, 0.15) is 0 Å². The lowest BCUT2D eigenvalue weighted by atomic mass is 10.4. The second-order valence-corrected chi connectivity index (χ2v) is 4.26. The Hall–Kier alpha value is -2.06. The standard InChI is InChI=1S/C11H16N6O2/c1-16-5-7-17(8-6-16)15-10(19)9(18)14-11-12-3-2-4-13-11/h2-4H,5-8H2,1H3,(H,15,19)(H,12,13,14,18). The van der Waals surface area contributed by atoms with E-state index in [0.29, 0.717) is 13.1 Å². The quantitative estimate of drug-likeness (QED) is 0.645. The van der Waals surface area contributed by atoms with Crippen LogP contribution in [0.3, 0.4) is 0 Å². The lowest BCUT2D eigenvalue weighted by molar-refractivity contribution is -0.139. The van der Waals surface area contributed by atoms with E-state index in [1.807, 2.05) is 7.05 Å². The van der Waals surface area contributed by atoms with Gasteiger partial charge in [0.05, 0.1) is 0 Å². The second-order valence-electron chi connectivity index (χ2n) is 4.26. The monoisotopic (exact) mass is 264 g/mol. The summed E-state index contributed by atoms with van der Waals surface area (Å²) < 4.78 is 0. The van der Waals surface area contributed by atoms with Gasteiger partial charge in [-0.05, 0) is 13.1 Å². The number of piperazine rings is 1. The van der Waals surface area contributed by atoms with Crippen LogP contribution in [0.2, 0.25) is 0 Å². The predicted molar refractivity (Wildman–Crippen MR) is 67.9 cm³/mol. The molecule has 0 bridgehead atoms. The van der Waals surface area contributed by atoms with E-state index in [1.165, 1.54) is 12.4 Å². The Morgan fingerprint density at radius 3 is 2.37 bits per heavy atom. The maximum absolute atomic E-state index is 11.7. The minimum absolute atomic E-state index is 0.112. The summed E-state index contributed by atoms with van der Waals surface area (Å²) in [7, 11) is 2.01. The van der Waals surface area contributed by atoms with Crippen molar-refractivity contribution in [1.82, 2.24) is 25.3 Å². The van der Waals surface area contributed by atoms with Gasteiger partial charge in [-0.3, -0.25) is 20.3 Å². The number of hydrogen-bond acceptors (Lipinski definition) is 6. The smallest absolute Gasteiger partial charge is 0.304 e. The first kappa shape index (κ1) is 13.4. The van der Waals surface area contributed by atoms with E-state index in [9.17, 15) is 9.59 Å². The Morgan fingerprint density at radius 1 is 1.11 bits per heavy atom. The van der Waals surface area contributed by atoms with Gasteiger partial charge in [-0.1, -0.05) is 0 Å². The van der Waals surface area contributed by atoms with Crippen LogP contribution in [-0.2, 0) is 9.59 Å². The topological polar surface area (TPSA) is 90.5 Å². The third kappa shape index (κ3) is 3.97. The maximum Gasteiger partial charge on any atom is 0.324 e. The first-order valence-corrected chi connectivity index (χ1v) is 5.97. The number of nitrogens with zero attached hydrogens (tertiary/aromatic N) is 4. The van der Waals surface area contributed by atoms with Gasteiger partial charge in [0, 0.05) is 38.6 Å². The van der Waals surface area contributed by atoms with Crippen LogP contribution in [0, 0.1) is 0 Å². The van der Waals surface area contributed by atoms with Gasteiger partial charge < -0.3 is 4.90 Å². The second kappa shape index (κ2) is 6.21. The number of aromatic nitrogens is 2. The van der Waals surface area contributed by atoms with Crippen molar-refractivity contribution < 1.29 is 9.59 Å². The molecule has 2 heterocycles. The Kier molecular flexibility index (Phi) is 4.37. The van der Waals surface area contributed by atoms with Crippen molar-refractivity contribution in [2.24, 2.45) is 0 Å². The van der Waals surface area contributed by atoms with Gasteiger partial charge in [-0.15, -0.1) is 0 Å². The molecule has 1 fully saturated rings. The molecule has 0 atom stereocenters. The summed E-state index contributed by atoms with van der Waals surface area (Å²) in [6.45, 7) is 3.09. The molecule has 2 amide bonds. The molecule has 1 aromatic heterocycles. The average Bonchev–Trinajstić information content (AvgIpc) is 2.42. The molecule has 8 heteroatoms. The molecule has 0 spiro atoms. The summed E-state index contributed by atoms with van der Waals surface area (Å²) >= 11 is 0. The number of likely N-dealkylation sites (N-methyl/N-ethyl adjacent to an activating group) is 1. The number of hydrogen-bond donors (Lipinski definition) is 2. The lowest BCUT2D eigenvalue weighted by Gasteiger charge is -2.31. The molecule has 2 N–H and O–H groups in total. The zero-order valence-corrected chi connectivity index (χ0v) is 10.7. The number of rotatable bonds is 2. The molecule has 0 aliphatic carbocycles. The highest BCUT2D eigenvalue weighted by Crippen LogP contribution is 1.97. The molecular weight excluding hydrogens is 248 g/mol. The van der Waals surface area contributed by atoms with Crippen molar-refractivity contribution in [2.45, 2.75) is 0 Å². The largest absolute Gasteiger partial charge is 0.324 e. The predicted octanol–water partition coefficient (Wildman–Crippen LogP) is -1.31. The number of hydrazine groups is 1. The van der Waals surface area contributed by atoms with E-state index in [4.69, 9.17) is 0 Å². The fourth-order valence-electron chi connectivity index (χ4n) is 1.63. The molecule has 2 rings (SSSR count). The van der Waals surface area contributed by atoms with E-state index in [0.717, 1.165) is 13.1 Å². The van der Waals surface area contributed by atoms with E-state index in [1.54, 1.807) is 11.1 Å². The molecule has 102 valence electrons. The summed E-state index contributed by atoms with van der Waals surface area (Å²) in [5.41, 5.74) is 2.56. The van der Waals surface area contributed by atoms with E-state index < -0.39 is 11.8 Å². The zero-order chi connectivity index (χ0) is 13.7. The highest BCUT2D eigenvalue weighted by atomic mass is 16.2. The Morgan fingerprint density at radius 2 is 1.74 bits per heavy atom. The van der Waals surface area contributed by atoms with Gasteiger partial charge in [-0.2, -0.15) is 0 Å². The summed E-state index contributed by atoms with van der Waals surface area (Å²) in [5.74, 6) is -1.37. The Bertz CT molecular complexity index is 444. The maximum atomic E-state index is 11.7. The fourth-order valence-corrected chi connectivity index (χ4v) is 1.63. The van der Waals surface area contributed by atoms with Crippen LogP contribution in [0.25, 0.3) is 0 Å². The van der Waals surface area contributed by atoms with Crippen molar-refractivity contribution in [2.75, 3.05) is 38.5 Å². The van der Waals surface area contributed by atoms with E-state index in [2.05, 4.69) is 25.6 Å². The van der Waals surface area contributed by atoms with Crippen molar-refractivity contribution in [3.05, 3.63) is 18.5 Å². The normalized spacial score (nSPS) is 16.9. The van der Waals surface area contributed by atoms with Crippen molar-refractivity contribution in [3.63, 3.8) is 0 Å². The minimum Gasteiger partial charge on any atom is -0.304 e. The first-order valence-electron chi connectivity index (χ1n) is 5.97. The Labute approximate surface area is 110 Å². The molecule has 0 saturated carbocycles. The number of carbonyl (C=O) groups excluding carboxylic acids is 2. The molecule has 19 heavy (non-hydrogen) atoms. The molecule has 0 unspecified atom stereocenters. The molecule has 1 aromatic rings. The summed E-state index contributed by atoms with van der Waals surface area (Å²) in [4.78, 5) is 33.1. The third-order valence-corrected chi connectivity index (χ3v) is 2.76. The van der Waals surface area contributed by atoms with Crippen molar-refractivity contribution in [3.8, 4) is 0 Å². The van der Waals surface area contributed by atoms with Crippen LogP contribution >= 0.6 is 0 Å². The van der Waals surface area contributed by atoms with Gasteiger partial charge in [0.25, 0.3) is 0 Å². The van der Waals surface area contributed by atoms with E-state index >= 15 is 0 Å². The number of nitrogens with one attached hydrogen (secondary N) is 2. The lowest BCUT2D eigenvalue weighted by Crippen LogP contribution is -2.54. The average molecular weight is 264 g/mol. The molecular formula is C11H16N6O2. The molecule has 1 aliphatic heterocycles. The molecule has 1 aliphatic rings. The van der Waals surface area contributed by atoms with Crippen LogP contribution in [0.15, 0.2) is 18.5 Å². The fraction of sp³-hybridized carbons (Fsp3) is 0.455. The van der Waals surface area contributed by atoms with Crippen LogP contribution in [-0.4, -0.2) is 64.9 Å². The SMILES string of the molecule is CN1CCN(NC(=O)C(=O)Nc2ncccn2)CC1. The molecule has 0 radical (unpaired) electrons. The van der Waals surface area contributed by atoms with Gasteiger partial charge in [0.2, 0.25) is 5.95 Å². The van der Waals surface area contributed by atoms with Crippen molar-refractivity contribution in [1.29, 1.82) is 0 Å². The van der Waals surface area contributed by atoms with Gasteiger partial charge in [-0.25, -0.2) is 15.0 Å². The summed E-state index contributed by atoms with van der Waals surface area (Å²) in [5, 5.41) is 4.06. The number of carbonyl (C=O) groups is 2. The van der Waals surface area contributed by atoms with Gasteiger partial charge in [0.15, 0.2) is 0 Å². The minimum atomic E-state index is -0.773. The van der Waals surface area contributed by atoms with Crippen LogP contribution in [0.1, 0.15) is 0 Å². The molecule has 8 nitrogen and oxygen atoms in total. The molecule has 0 aromatic carbocycles. The van der Waals surface area contributed by atoms with Crippen LogP contribution in [0.5, 0.6) is 0 Å². The Balaban J connectivity index is 1.81. The first-order chi connectivity index (χ1) is 9.15. The zero-order valence-electron chi connectivity index (χ0n) is 10.7. The number of anilines is 1. The number of amides is 2. The molecule has 1 saturated heterocycles. The highest BCUT2D eigenvalue weighted by molar-refractivity contribution is 6.39. The van der Waals surface area contributed by atoms with Gasteiger partial charge >= 0.3 is 11.8 Å². The van der Waals surface area contributed by atoms with Crippen molar-refractivity contribution >= 4 is 17.8 Å². The van der Waals surface area contributed by atoms with Crippen LogP contribution in [0.4, 0.5) is 5.95 Å². The van der Waals surface area contributed by atoms with E-state index in [-0.39, 0.29) is 5.95 Å². The highest BCUT2D eigenvalue weighted by Gasteiger charge is 2.20. The summed E-state index contributed by atoms with van der Waals surface area (Å²) in [6, 6.07) is 1.62.